The van der Waals surface area contributed by atoms with E-state index in [1.54, 1.807) is 6.07 Å². The van der Waals surface area contributed by atoms with Crippen molar-refractivity contribution in [2.45, 2.75) is 0 Å². The quantitative estimate of drug-likeness (QED) is 0.560. The smallest absolute Gasteiger partial charge is 0.537 e. The molecule has 4 aromatic rings. The molecular formula is C16H10BO3. The first-order valence-corrected chi connectivity index (χ1v) is 6.33. The summed E-state index contributed by atoms with van der Waals surface area (Å²) in [5.74, 6) is 0.545. The molecule has 20 heavy (non-hydrogen) atoms. The molecule has 0 fully saturated rings. The zero-order valence-corrected chi connectivity index (χ0v) is 10.5. The monoisotopic (exact) mass is 261 g/mol. The van der Waals surface area contributed by atoms with Crippen LogP contribution in [-0.4, -0.2) is 12.7 Å². The topological polar surface area (TPSA) is 42.6 Å². The Balaban J connectivity index is 2.12. The summed E-state index contributed by atoms with van der Waals surface area (Å²) in [4.78, 5) is 0. The molecule has 4 rings (SSSR count). The van der Waals surface area contributed by atoms with Gasteiger partial charge in [0.15, 0.2) is 0 Å². The van der Waals surface area contributed by atoms with Crippen LogP contribution < -0.4 is 4.65 Å². The van der Waals surface area contributed by atoms with Crippen molar-refractivity contribution in [2.24, 2.45) is 0 Å². The van der Waals surface area contributed by atoms with Gasteiger partial charge in [0.25, 0.3) is 0 Å². The van der Waals surface area contributed by atoms with Crippen LogP contribution in [0, 0.1) is 0 Å². The fourth-order valence-corrected chi connectivity index (χ4v) is 2.66. The number of benzene rings is 3. The molecule has 0 aliphatic rings. The Kier molecular flexibility index (Phi) is 2.44. The maximum absolute atomic E-state index is 8.70. The first-order chi connectivity index (χ1) is 9.86. The van der Waals surface area contributed by atoms with E-state index >= 15 is 0 Å². The van der Waals surface area contributed by atoms with Crippen LogP contribution in [-0.2, 0) is 0 Å². The highest BCUT2D eigenvalue weighted by atomic mass is 16.5. The molecule has 0 spiro atoms. The Morgan fingerprint density at radius 1 is 0.900 bits per heavy atom. The number of hydrogen-bond acceptors (Lipinski definition) is 3. The third-order valence-corrected chi connectivity index (χ3v) is 3.52. The zero-order valence-electron chi connectivity index (χ0n) is 10.5. The van der Waals surface area contributed by atoms with Gasteiger partial charge in [-0.05, 0) is 29.0 Å². The van der Waals surface area contributed by atoms with Crippen LogP contribution in [0.3, 0.4) is 0 Å². The van der Waals surface area contributed by atoms with E-state index in [0.29, 0.717) is 13.4 Å². The van der Waals surface area contributed by atoms with E-state index in [2.05, 4.69) is 18.2 Å². The van der Waals surface area contributed by atoms with E-state index in [4.69, 9.17) is 14.1 Å². The van der Waals surface area contributed by atoms with Crippen molar-refractivity contribution in [1.82, 2.24) is 0 Å². The molecule has 0 unspecified atom stereocenters. The van der Waals surface area contributed by atoms with Crippen LogP contribution in [0.25, 0.3) is 32.7 Å². The van der Waals surface area contributed by atoms with Crippen LogP contribution in [0.1, 0.15) is 0 Å². The second-order valence-electron chi connectivity index (χ2n) is 4.64. The van der Waals surface area contributed by atoms with Gasteiger partial charge >= 0.3 is 7.69 Å². The summed E-state index contributed by atoms with van der Waals surface area (Å²) in [6, 6.07) is 17.8. The van der Waals surface area contributed by atoms with E-state index in [0.717, 1.165) is 21.9 Å². The zero-order chi connectivity index (χ0) is 13.5. The molecule has 0 amide bonds. The summed E-state index contributed by atoms with van der Waals surface area (Å²) >= 11 is 0. The van der Waals surface area contributed by atoms with Crippen LogP contribution in [0.15, 0.2) is 59.0 Å². The van der Waals surface area contributed by atoms with Crippen molar-refractivity contribution in [3.8, 4) is 5.75 Å². The average molecular weight is 261 g/mol. The standard InChI is InChI=1S/C16H10BO3/c18-17-20-11-6-7-13-15(9-11)19-14-8-5-10-3-1-2-4-12(10)16(13)14/h1-9,18H. The molecule has 95 valence electrons. The number of furan rings is 1. The molecule has 1 N–H and O–H groups in total. The third-order valence-electron chi connectivity index (χ3n) is 3.52. The molecule has 0 saturated heterocycles. The van der Waals surface area contributed by atoms with Gasteiger partial charge in [0.2, 0.25) is 0 Å². The van der Waals surface area contributed by atoms with Crippen molar-refractivity contribution in [3.63, 3.8) is 0 Å². The lowest BCUT2D eigenvalue weighted by atomic mass is 10.0. The van der Waals surface area contributed by atoms with Gasteiger partial charge in [0.05, 0.1) is 0 Å². The van der Waals surface area contributed by atoms with Crippen molar-refractivity contribution in [3.05, 3.63) is 54.6 Å². The van der Waals surface area contributed by atoms with Gasteiger partial charge in [0, 0.05) is 16.8 Å². The molecular weight excluding hydrogens is 251 g/mol. The predicted molar refractivity (Wildman–Crippen MR) is 79.8 cm³/mol. The first-order valence-electron chi connectivity index (χ1n) is 6.33. The molecule has 0 aliphatic carbocycles. The van der Waals surface area contributed by atoms with E-state index in [9.17, 15) is 0 Å². The van der Waals surface area contributed by atoms with E-state index < -0.39 is 0 Å². The molecule has 0 atom stereocenters. The normalized spacial score (nSPS) is 11.2. The molecule has 0 aliphatic heterocycles. The highest BCUT2D eigenvalue weighted by molar-refractivity contribution is 6.19. The lowest BCUT2D eigenvalue weighted by Gasteiger charge is -2.00. The van der Waals surface area contributed by atoms with E-state index in [1.165, 1.54) is 10.8 Å². The molecule has 0 bridgehead atoms. The number of fused-ring (bicyclic) bond motifs is 5. The second-order valence-corrected chi connectivity index (χ2v) is 4.64. The van der Waals surface area contributed by atoms with Gasteiger partial charge in [-0.25, -0.2) is 0 Å². The summed E-state index contributed by atoms with van der Waals surface area (Å²) in [5.41, 5.74) is 1.60. The summed E-state index contributed by atoms with van der Waals surface area (Å²) < 4.78 is 10.8. The predicted octanol–water partition coefficient (Wildman–Crippen LogP) is 3.64. The molecule has 4 heteroatoms. The summed E-state index contributed by atoms with van der Waals surface area (Å²) in [7, 11) is 0.666. The number of rotatable bonds is 2. The maximum atomic E-state index is 8.70. The Bertz CT molecular complexity index is 927. The van der Waals surface area contributed by atoms with Crippen LogP contribution in [0.2, 0.25) is 0 Å². The SMILES string of the molecule is O[B]Oc1ccc2c(c1)oc1ccc3ccccc3c12. The summed E-state index contributed by atoms with van der Waals surface area (Å²) in [5, 5.41) is 13.2. The Morgan fingerprint density at radius 2 is 1.80 bits per heavy atom. The second kappa shape index (κ2) is 4.29. The Hall–Kier alpha value is -2.46. The first kappa shape index (κ1) is 11.4. The average Bonchev–Trinajstić information content (AvgIpc) is 2.85. The van der Waals surface area contributed by atoms with Crippen molar-refractivity contribution < 1.29 is 14.1 Å². The molecule has 1 heterocycles. The lowest BCUT2D eigenvalue weighted by molar-refractivity contribution is 0.453. The Morgan fingerprint density at radius 3 is 2.70 bits per heavy atom. The van der Waals surface area contributed by atoms with Gasteiger partial charge < -0.3 is 14.1 Å². The maximum Gasteiger partial charge on any atom is 0.569 e. The Labute approximate surface area is 115 Å². The fourth-order valence-electron chi connectivity index (χ4n) is 2.66. The van der Waals surface area contributed by atoms with E-state index in [1.807, 2.05) is 30.3 Å². The number of hydrogen-bond donors (Lipinski definition) is 1. The molecule has 1 radical (unpaired) electrons. The van der Waals surface area contributed by atoms with Crippen molar-refractivity contribution in [1.29, 1.82) is 0 Å². The van der Waals surface area contributed by atoms with Gasteiger partial charge in [-0.15, -0.1) is 0 Å². The van der Waals surface area contributed by atoms with Crippen LogP contribution in [0.4, 0.5) is 0 Å². The van der Waals surface area contributed by atoms with Crippen molar-refractivity contribution >= 4 is 40.4 Å². The minimum Gasteiger partial charge on any atom is -0.537 e. The van der Waals surface area contributed by atoms with Gasteiger partial charge in [-0.1, -0.05) is 30.3 Å². The third kappa shape index (κ3) is 1.59. The minimum atomic E-state index is 0.545. The van der Waals surface area contributed by atoms with E-state index in [-0.39, 0.29) is 0 Å². The summed E-state index contributed by atoms with van der Waals surface area (Å²) in [6.07, 6.45) is 0. The fraction of sp³-hybridized carbons (Fsp3) is 0. The largest absolute Gasteiger partial charge is 0.569 e. The van der Waals surface area contributed by atoms with Gasteiger partial charge in [-0.3, -0.25) is 0 Å². The van der Waals surface area contributed by atoms with Crippen molar-refractivity contribution in [2.75, 3.05) is 0 Å². The van der Waals surface area contributed by atoms with Gasteiger partial charge in [0.1, 0.15) is 16.9 Å². The highest BCUT2D eigenvalue weighted by Crippen LogP contribution is 2.35. The highest BCUT2D eigenvalue weighted by Gasteiger charge is 2.11. The summed E-state index contributed by atoms with van der Waals surface area (Å²) in [6.45, 7) is 0. The van der Waals surface area contributed by atoms with Crippen LogP contribution in [0.5, 0.6) is 5.75 Å². The lowest BCUT2D eigenvalue weighted by Crippen LogP contribution is -1.98. The molecule has 0 saturated carbocycles. The van der Waals surface area contributed by atoms with Gasteiger partial charge in [-0.2, -0.15) is 0 Å². The molecule has 3 nitrogen and oxygen atoms in total. The minimum absolute atomic E-state index is 0.545. The molecule has 1 aromatic heterocycles. The van der Waals surface area contributed by atoms with Crippen LogP contribution >= 0.6 is 0 Å². The molecule has 3 aromatic carbocycles.